The number of hydrogen-bond donors (Lipinski definition) is 1. The van der Waals surface area contributed by atoms with Crippen LogP contribution in [0.15, 0.2) is 24.3 Å². The molecule has 1 aliphatic heterocycles. The summed E-state index contributed by atoms with van der Waals surface area (Å²) in [4.78, 5) is 13.1. The monoisotopic (exact) mass is 288 g/mol. The van der Waals surface area contributed by atoms with E-state index in [2.05, 4.69) is 0 Å². The topological polar surface area (TPSA) is 55.6 Å². The van der Waals surface area contributed by atoms with Crippen molar-refractivity contribution in [3.63, 3.8) is 0 Å². The molecular formula is C13H15F3N2O2. The molecule has 2 rings (SSSR count). The van der Waals surface area contributed by atoms with Crippen molar-refractivity contribution in [3.8, 4) is 0 Å². The third-order valence-corrected chi connectivity index (χ3v) is 3.25. The molecule has 1 aromatic carbocycles. The highest BCUT2D eigenvalue weighted by molar-refractivity contribution is 5.95. The third-order valence-electron chi connectivity index (χ3n) is 3.25. The minimum Gasteiger partial charge on any atom is -0.362 e. The Hall–Kier alpha value is -1.60. The van der Waals surface area contributed by atoms with Crippen molar-refractivity contribution in [2.24, 2.45) is 5.73 Å². The van der Waals surface area contributed by atoms with Crippen LogP contribution in [-0.4, -0.2) is 31.2 Å². The summed E-state index contributed by atoms with van der Waals surface area (Å²) >= 11 is 0. The van der Waals surface area contributed by atoms with Crippen molar-refractivity contribution in [2.75, 3.05) is 24.6 Å². The van der Waals surface area contributed by atoms with Gasteiger partial charge in [-0.2, -0.15) is 13.2 Å². The molecule has 1 aliphatic rings. The Morgan fingerprint density at radius 2 is 2.15 bits per heavy atom. The van der Waals surface area contributed by atoms with Crippen LogP contribution in [0.5, 0.6) is 0 Å². The molecule has 0 aliphatic carbocycles. The van der Waals surface area contributed by atoms with Gasteiger partial charge in [0.1, 0.15) is 6.61 Å². The summed E-state index contributed by atoms with van der Waals surface area (Å²) in [5.74, 6) is -0.379. The van der Waals surface area contributed by atoms with E-state index in [0.29, 0.717) is 0 Å². The first-order chi connectivity index (χ1) is 9.25. The third kappa shape index (κ3) is 2.94. The van der Waals surface area contributed by atoms with E-state index in [1.165, 1.54) is 17.0 Å². The van der Waals surface area contributed by atoms with Gasteiger partial charge in [0, 0.05) is 12.2 Å². The standard InChI is InChI=1S/C13H15F3N2O2/c1-12(7-17)8-18(11(19)6-20-12)10-4-2-3-9(5-10)13(14,15)16/h2-5H,6-8,17H2,1H3. The van der Waals surface area contributed by atoms with E-state index >= 15 is 0 Å². The molecule has 110 valence electrons. The zero-order chi connectivity index (χ0) is 15.0. The maximum Gasteiger partial charge on any atom is 0.416 e. The van der Waals surface area contributed by atoms with Crippen molar-refractivity contribution in [1.29, 1.82) is 0 Å². The van der Waals surface area contributed by atoms with E-state index < -0.39 is 17.3 Å². The van der Waals surface area contributed by atoms with E-state index in [9.17, 15) is 18.0 Å². The SMILES string of the molecule is CC1(CN)CN(c2cccc(C(F)(F)F)c2)C(=O)CO1. The van der Waals surface area contributed by atoms with E-state index in [-0.39, 0.29) is 31.3 Å². The molecule has 0 bridgehead atoms. The average Bonchev–Trinajstić information content (AvgIpc) is 2.41. The zero-order valence-electron chi connectivity index (χ0n) is 10.9. The molecule has 20 heavy (non-hydrogen) atoms. The van der Waals surface area contributed by atoms with Gasteiger partial charge < -0.3 is 15.4 Å². The summed E-state index contributed by atoms with van der Waals surface area (Å²) in [6, 6.07) is 4.67. The minimum absolute atomic E-state index is 0.129. The number of alkyl halides is 3. The number of ether oxygens (including phenoxy) is 1. The van der Waals surface area contributed by atoms with E-state index in [1.54, 1.807) is 6.92 Å². The lowest BCUT2D eigenvalue weighted by Crippen LogP contribution is -2.56. The molecular weight excluding hydrogens is 273 g/mol. The molecule has 2 N–H and O–H groups in total. The minimum atomic E-state index is -4.44. The van der Waals surface area contributed by atoms with E-state index in [1.807, 2.05) is 0 Å². The molecule has 1 heterocycles. The largest absolute Gasteiger partial charge is 0.416 e. The lowest BCUT2D eigenvalue weighted by Gasteiger charge is -2.39. The van der Waals surface area contributed by atoms with Gasteiger partial charge in [-0.25, -0.2) is 0 Å². The van der Waals surface area contributed by atoms with Gasteiger partial charge in [-0.1, -0.05) is 6.07 Å². The predicted molar refractivity (Wildman–Crippen MR) is 67.2 cm³/mol. The molecule has 0 radical (unpaired) electrons. The Morgan fingerprint density at radius 1 is 1.45 bits per heavy atom. The number of morpholine rings is 1. The molecule has 1 atom stereocenters. The van der Waals surface area contributed by atoms with Crippen molar-refractivity contribution >= 4 is 11.6 Å². The number of amides is 1. The molecule has 1 unspecified atom stereocenters. The number of benzene rings is 1. The highest BCUT2D eigenvalue weighted by atomic mass is 19.4. The van der Waals surface area contributed by atoms with Gasteiger partial charge in [0.15, 0.2) is 0 Å². The number of nitrogens with zero attached hydrogens (tertiary/aromatic N) is 1. The molecule has 1 fully saturated rings. The summed E-state index contributed by atoms with van der Waals surface area (Å²) in [6.45, 7) is 1.84. The van der Waals surface area contributed by atoms with Crippen LogP contribution >= 0.6 is 0 Å². The van der Waals surface area contributed by atoms with Crippen LogP contribution in [0.1, 0.15) is 12.5 Å². The van der Waals surface area contributed by atoms with Gasteiger partial charge in [0.25, 0.3) is 5.91 Å². The van der Waals surface area contributed by atoms with E-state index in [0.717, 1.165) is 12.1 Å². The van der Waals surface area contributed by atoms with Crippen LogP contribution in [0.25, 0.3) is 0 Å². The molecule has 1 amide bonds. The van der Waals surface area contributed by atoms with Crippen molar-refractivity contribution < 1.29 is 22.7 Å². The first-order valence-corrected chi connectivity index (χ1v) is 6.07. The molecule has 0 aromatic heterocycles. The summed E-state index contributed by atoms with van der Waals surface area (Å²) in [6.07, 6.45) is -4.44. The fourth-order valence-corrected chi connectivity index (χ4v) is 1.99. The van der Waals surface area contributed by atoms with Crippen LogP contribution in [0.3, 0.4) is 0 Å². The second kappa shape index (κ2) is 5.06. The Kier molecular flexibility index (Phi) is 3.75. The number of anilines is 1. The molecule has 0 saturated carbocycles. The number of hydrogen-bond acceptors (Lipinski definition) is 3. The molecule has 1 aromatic rings. The van der Waals surface area contributed by atoms with Gasteiger partial charge in [0.05, 0.1) is 17.7 Å². The fraction of sp³-hybridized carbons (Fsp3) is 0.462. The van der Waals surface area contributed by atoms with E-state index in [4.69, 9.17) is 10.5 Å². The maximum atomic E-state index is 12.7. The Balaban J connectivity index is 2.32. The first-order valence-electron chi connectivity index (χ1n) is 6.07. The number of rotatable bonds is 2. The van der Waals surface area contributed by atoms with Gasteiger partial charge in [-0.05, 0) is 25.1 Å². The van der Waals surface area contributed by atoms with Crippen LogP contribution in [0.2, 0.25) is 0 Å². The Bertz CT molecular complexity index is 519. The second-order valence-corrected chi connectivity index (χ2v) is 4.97. The molecule has 0 spiro atoms. The number of carbonyl (C=O) groups is 1. The fourth-order valence-electron chi connectivity index (χ4n) is 1.99. The average molecular weight is 288 g/mol. The highest BCUT2D eigenvalue weighted by Crippen LogP contribution is 2.32. The quantitative estimate of drug-likeness (QED) is 0.902. The normalized spacial score (nSPS) is 24.1. The Morgan fingerprint density at radius 3 is 2.75 bits per heavy atom. The predicted octanol–water partition coefficient (Wildman–Crippen LogP) is 1.79. The van der Waals surface area contributed by atoms with Crippen molar-refractivity contribution in [1.82, 2.24) is 0 Å². The number of nitrogens with two attached hydrogens (primary N) is 1. The Labute approximate surface area is 114 Å². The molecule has 1 saturated heterocycles. The lowest BCUT2D eigenvalue weighted by molar-refractivity contribution is -0.138. The maximum absolute atomic E-state index is 12.7. The van der Waals surface area contributed by atoms with Gasteiger partial charge in [-0.15, -0.1) is 0 Å². The highest BCUT2D eigenvalue weighted by Gasteiger charge is 2.37. The summed E-state index contributed by atoms with van der Waals surface area (Å²) < 4.78 is 43.4. The van der Waals surface area contributed by atoms with Crippen molar-refractivity contribution in [3.05, 3.63) is 29.8 Å². The molecule has 4 nitrogen and oxygen atoms in total. The zero-order valence-corrected chi connectivity index (χ0v) is 10.9. The van der Waals surface area contributed by atoms with Crippen LogP contribution < -0.4 is 10.6 Å². The summed E-state index contributed by atoms with van der Waals surface area (Å²) in [7, 11) is 0. The second-order valence-electron chi connectivity index (χ2n) is 4.97. The summed E-state index contributed by atoms with van der Waals surface area (Å²) in [5, 5.41) is 0. The summed E-state index contributed by atoms with van der Waals surface area (Å²) in [5.41, 5.74) is 4.25. The van der Waals surface area contributed by atoms with Crippen molar-refractivity contribution in [2.45, 2.75) is 18.7 Å². The van der Waals surface area contributed by atoms with Gasteiger partial charge in [-0.3, -0.25) is 4.79 Å². The van der Waals surface area contributed by atoms with Crippen LogP contribution in [-0.2, 0) is 15.7 Å². The van der Waals surface area contributed by atoms with Gasteiger partial charge in [0.2, 0.25) is 0 Å². The van der Waals surface area contributed by atoms with Crippen LogP contribution in [0, 0.1) is 0 Å². The lowest BCUT2D eigenvalue weighted by atomic mass is 10.0. The first kappa shape index (κ1) is 14.8. The van der Waals surface area contributed by atoms with Crippen LogP contribution in [0.4, 0.5) is 18.9 Å². The number of carbonyl (C=O) groups excluding carboxylic acids is 1. The smallest absolute Gasteiger partial charge is 0.362 e. The number of halogens is 3. The molecule has 7 heteroatoms. The van der Waals surface area contributed by atoms with Gasteiger partial charge >= 0.3 is 6.18 Å².